The Morgan fingerprint density at radius 2 is 1.83 bits per heavy atom. The molecule has 1 heterocycles. The fraction of sp³-hybridized carbons (Fsp3) is 0.0588. The second-order valence-electron chi connectivity index (χ2n) is 4.98. The molecule has 0 aliphatic heterocycles. The van der Waals surface area contributed by atoms with E-state index in [1.807, 2.05) is 17.5 Å². The molecule has 0 fully saturated rings. The minimum atomic E-state index is -0.343. The minimum absolute atomic E-state index is 0.297. The number of urea groups is 1. The Hall–Kier alpha value is -2.44. The predicted molar refractivity (Wildman–Crippen MR) is 94.8 cm³/mol. The van der Waals surface area contributed by atoms with E-state index >= 15 is 0 Å². The molecule has 0 unspecified atom stereocenters. The van der Waals surface area contributed by atoms with Crippen LogP contribution in [0.5, 0.6) is 0 Å². The summed E-state index contributed by atoms with van der Waals surface area (Å²) in [6.07, 6.45) is 0. The summed E-state index contributed by atoms with van der Waals surface area (Å²) in [5, 5.41) is 8.36. The van der Waals surface area contributed by atoms with Crippen molar-refractivity contribution in [2.45, 2.75) is 6.54 Å². The molecule has 2 N–H and O–H groups in total. The molecule has 0 bridgehead atoms. The monoisotopic (exact) mass is 361 g/mol. The molecule has 0 aliphatic carbocycles. The summed E-state index contributed by atoms with van der Waals surface area (Å²) in [4.78, 5) is 16.2. The van der Waals surface area contributed by atoms with Crippen LogP contribution in [0.3, 0.4) is 0 Å². The van der Waals surface area contributed by atoms with Gasteiger partial charge in [-0.25, -0.2) is 14.2 Å². The number of nitrogens with one attached hydrogen (secondary N) is 2. The Kier molecular flexibility index (Phi) is 5.08. The molecule has 0 spiro atoms. The lowest BCUT2D eigenvalue weighted by molar-refractivity contribution is 0.251. The van der Waals surface area contributed by atoms with Crippen molar-refractivity contribution < 1.29 is 9.18 Å². The summed E-state index contributed by atoms with van der Waals surface area (Å²) in [7, 11) is 0. The summed E-state index contributed by atoms with van der Waals surface area (Å²) in [6.45, 7) is 0.388. The van der Waals surface area contributed by atoms with Crippen LogP contribution >= 0.6 is 22.9 Å². The van der Waals surface area contributed by atoms with Crippen molar-refractivity contribution in [1.82, 2.24) is 10.3 Å². The number of amides is 2. The average Bonchev–Trinajstić information content (AvgIpc) is 3.03. The molecule has 4 nitrogen and oxygen atoms in total. The van der Waals surface area contributed by atoms with E-state index in [-0.39, 0.29) is 11.8 Å². The van der Waals surface area contributed by atoms with Gasteiger partial charge in [0, 0.05) is 22.5 Å². The number of aromatic nitrogens is 1. The average molecular weight is 362 g/mol. The molecule has 0 aliphatic rings. The van der Waals surface area contributed by atoms with Crippen LogP contribution in [0.4, 0.5) is 14.3 Å². The van der Waals surface area contributed by atoms with Gasteiger partial charge < -0.3 is 5.32 Å². The largest absolute Gasteiger partial charge is 0.334 e. The van der Waals surface area contributed by atoms with Crippen molar-refractivity contribution in [3.63, 3.8) is 0 Å². The fourth-order valence-electron chi connectivity index (χ4n) is 2.01. The van der Waals surface area contributed by atoms with Crippen LogP contribution in [-0.4, -0.2) is 11.0 Å². The zero-order valence-electron chi connectivity index (χ0n) is 12.4. The molecule has 0 saturated carbocycles. The van der Waals surface area contributed by atoms with Gasteiger partial charge in [-0.3, -0.25) is 5.32 Å². The van der Waals surface area contributed by atoms with Crippen molar-refractivity contribution in [1.29, 1.82) is 0 Å². The fourth-order valence-corrected chi connectivity index (χ4v) is 2.85. The van der Waals surface area contributed by atoms with E-state index in [2.05, 4.69) is 15.6 Å². The number of thiazole rings is 1. The number of nitrogens with zero attached hydrogens (tertiary/aromatic N) is 1. The van der Waals surface area contributed by atoms with Gasteiger partial charge >= 0.3 is 6.03 Å². The van der Waals surface area contributed by atoms with Gasteiger partial charge in [-0.15, -0.1) is 11.3 Å². The van der Waals surface area contributed by atoms with E-state index in [4.69, 9.17) is 11.6 Å². The molecule has 3 aromatic rings. The molecule has 0 radical (unpaired) electrons. The molecule has 0 saturated heterocycles. The molecule has 7 heteroatoms. The first-order chi connectivity index (χ1) is 11.6. The van der Waals surface area contributed by atoms with Crippen molar-refractivity contribution in [2.24, 2.45) is 0 Å². The van der Waals surface area contributed by atoms with Crippen LogP contribution in [0.1, 0.15) is 5.56 Å². The maximum atomic E-state index is 12.9. The summed E-state index contributed by atoms with van der Waals surface area (Å²) in [5.41, 5.74) is 2.43. The maximum Gasteiger partial charge on any atom is 0.321 e. The van der Waals surface area contributed by atoms with E-state index in [1.54, 1.807) is 24.3 Å². The molecule has 122 valence electrons. The lowest BCUT2D eigenvalue weighted by Gasteiger charge is -2.05. The van der Waals surface area contributed by atoms with E-state index in [1.165, 1.54) is 23.5 Å². The Morgan fingerprint density at radius 3 is 2.54 bits per heavy atom. The molecule has 24 heavy (non-hydrogen) atoms. The van der Waals surface area contributed by atoms with E-state index < -0.39 is 0 Å². The number of halogens is 2. The third-order valence-electron chi connectivity index (χ3n) is 3.23. The van der Waals surface area contributed by atoms with Gasteiger partial charge in [-0.05, 0) is 42.0 Å². The number of anilines is 1. The summed E-state index contributed by atoms with van der Waals surface area (Å²) >= 11 is 7.12. The predicted octanol–water partition coefficient (Wildman–Crippen LogP) is 4.92. The third-order valence-corrected chi connectivity index (χ3v) is 4.24. The van der Waals surface area contributed by atoms with Crippen LogP contribution in [0, 0.1) is 5.82 Å². The maximum absolute atomic E-state index is 12.9. The molecule has 0 atom stereocenters. The van der Waals surface area contributed by atoms with Gasteiger partial charge in [0.15, 0.2) is 5.13 Å². The topological polar surface area (TPSA) is 54.0 Å². The van der Waals surface area contributed by atoms with Crippen LogP contribution < -0.4 is 10.6 Å². The Balaban J connectivity index is 1.57. The second-order valence-corrected chi connectivity index (χ2v) is 6.27. The molecule has 1 aromatic heterocycles. The first-order valence-electron chi connectivity index (χ1n) is 7.11. The number of hydrogen-bond donors (Lipinski definition) is 2. The van der Waals surface area contributed by atoms with Crippen LogP contribution in [0.15, 0.2) is 53.9 Å². The highest BCUT2D eigenvalue weighted by atomic mass is 35.5. The number of carbonyl (C=O) groups excluding carboxylic acids is 1. The normalized spacial score (nSPS) is 10.4. The first-order valence-corrected chi connectivity index (χ1v) is 8.37. The SMILES string of the molecule is O=C(NCc1ccc(Cl)cc1)Nc1nc(-c2ccc(F)cc2)cs1. The van der Waals surface area contributed by atoms with Crippen LogP contribution in [0.25, 0.3) is 11.3 Å². The molecule has 2 amide bonds. The summed E-state index contributed by atoms with van der Waals surface area (Å²) < 4.78 is 12.9. The summed E-state index contributed by atoms with van der Waals surface area (Å²) in [5.74, 6) is -0.297. The number of carbonyl (C=O) groups is 1. The Morgan fingerprint density at radius 1 is 1.12 bits per heavy atom. The highest BCUT2D eigenvalue weighted by molar-refractivity contribution is 7.14. The van der Waals surface area contributed by atoms with Gasteiger partial charge in [0.05, 0.1) is 5.69 Å². The highest BCUT2D eigenvalue weighted by Gasteiger charge is 2.08. The summed E-state index contributed by atoms with van der Waals surface area (Å²) in [6, 6.07) is 12.9. The van der Waals surface area contributed by atoms with Crippen LogP contribution in [0.2, 0.25) is 5.02 Å². The van der Waals surface area contributed by atoms with E-state index in [9.17, 15) is 9.18 Å². The Labute approximate surface area is 147 Å². The standard InChI is InChI=1S/C17H13ClFN3OS/c18-13-5-1-11(2-6-13)9-20-16(23)22-17-21-15(10-24-17)12-3-7-14(19)8-4-12/h1-8,10H,9H2,(H2,20,21,22,23). The Bertz CT molecular complexity index is 834. The van der Waals surface area contributed by atoms with Gasteiger partial charge in [-0.1, -0.05) is 23.7 Å². The quantitative estimate of drug-likeness (QED) is 0.692. The van der Waals surface area contributed by atoms with Crippen LogP contribution in [-0.2, 0) is 6.54 Å². The molecule has 2 aromatic carbocycles. The van der Waals surface area contributed by atoms with Crippen molar-refractivity contribution in [2.75, 3.05) is 5.32 Å². The molecular formula is C17H13ClFN3OS. The zero-order chi connectivity index (χ0) is 16.9. The van der Waals surface area contributed by atoms with Gasteiger partial charge in [0.2, 0.25) is 0 Å². The number of benzene rings is 2. The first kappa shape index (κ1) is 16.4. The minimum Gasteiger partial charge on any atom is -0.334 e. The number of hydrogen-bond acceptors (Lipinski definition) is 3. The van der Waals surface area contributed by atoms with Crippen molar-refractivity contribution in [3.05, 3.63) is 70.3 Å². The lowest BCUT2D eigenvalue weighted by Crippen LogP contribution is -2.28. The number of rotatable bonds is 4. The van der Waals surface area contributed by atoms with Gasteiger partial charge in [0.25, 0.3) is 0 Å². The zero-order valence-corrected chi connectivity index (χ0v) is 14.0. The van der Waals surface area contributed by atoms with Gasteiger partial charge in [0.1, 0.15) is 5.82 Å². The van der Waals surface area contributed by atoms with Crippen molar-refractivity contribution >= 4 is 34.1 Å². The molecule has 3 rings (SSSR count). The van der Waals surface area contributed by atoms with E-state index in [0.717, 1.165) is 11.1 Å². The van der Waals surface area contributed by atoms with E-state index in [0.29, 0.717) is 22.4 Å². The second kappa shape index (κ2) is 7.42. The third kappa shape index (κ3) is 4.31. The highest BCUT2D eigenvalue weighted by Crippen LogP contribution is 2.24. The van der Waals surface area contributed by atoms with Gasteiger partial charge in [-0.2, -0.15) is 0 Å². The smallest absolute Gasteiger partial charge is 0.321 e. The lowest BCUT2D eigenvalue weighted by atomic mass is 10.2. The van der Waals surface area contributed by atoms with Crippen molar-refractivity contribution in [3.8, 4) is 11.3 Å². The molecular weight excluding hydrogens is 349 g/mol.